The van der Waals surface area contributed by atoms with E-state index in [9.17, 15) is 9.59 Å². The summed E-state index contributed by atoms with van der Waals surface area (Å²) in [4.78, 5) is 28.6. The molecule has 116 valence electrons. The van der Waals surface area contributed by atoms with E-state index in [1.54, 1.807) is 34.1 Å². The monoisotopic (exact) mass is 299 g/mol. The molecule has 2 rings (SSSR count). The Labute approximate surface area is 131 Å². The standard InChI is InChI=1S/C17H21N3O2/c1-3-19(4-2)17(22)15-6-5-11-20(15)16(21)14-9-7-13(12-18)8-10-14/h7-10,15H,3-6,11H2,1-2H3/t15-/m0/s1. The van der Waals surface area contributed by atoms with Crippen LogP contribution in [-0.2, 0) is 4.79 Å². The fourth-order valence-electron chi connectivity index (χ4n) is 2.87. The van der Waals surface area contributed by atoms with Gasteiger partial charge in [-0.05, 0) is 51.0 Å². The third kappa shape index (κ3) is 3.11. The summed E-state index contributed by atoms with van der Waals surface area (Å²) in [5, 5.41) is 8.81. The van der Waals surface area contributed by atoms with Crippen molar-refractivity contribution in [2.45, 2.75) is 32.7 Å². The van der Waals surface area contributed by atoms with Crippen molar-refractivity contribution >= 4 is 11.8 Å². The highest BCUT2D eigenvalue weighted by Gasteiger charge is 2.36. The zero-order chi connectivity index (χ0) is 16.1. The molecule has 1 fully saturated rings. The largest absolute Gasteiger partial charge is 0.341 e. The summed E-state index contributed by atoms with van der Waals surface area (Å²) >= 11 is 0. The highest BCUT2D eigenvalue weighted by molar-refractivity contribution is 5.98. The van der Waals surface area contributed by atoms with Crippen molar-refractivity contribution in [3.8, 4) is 6.07 Å². The number of likely N-dealkylation sites (tertiary alicyclic amines) is 1. The van der Waals surface area contributed by atoms with Crippen LogP contribution in [0.4, 0.5) is 0 Å². The van der Waals surface area contributed by atoms with Gasteiger partial charge in [-0.25, -0.2) is 0 Å². The molecule has 1 heterocycles. The lowest BCUT2D eigenvalue weighted by Gasteiger charge is -2.29. The van der Waals surface area contributed by atoms with Gasteiger partial charge in [0, 0.05) is 25.2 Å². The molecule has 0 N–H and O–H groups in total. The van der Waals surface area contributed by atoms with Gasteiger partial charge in [-0.1, -0.05) is 0 Å². The molecule has 0 radical (unpaired) electrons. The lowest BCUT2D eigenvalue weighted by molar-refractivity contribution is -0.134. The van der Waals surface area contributed by atoms with Gasteiger partial charge in [0.2, 0.25) is 5.91 Å². The minimum atomic E-state index is -0.358. The van der Waals surface area contributed by atoms with E-state index in [1.807, 2.05) is 19.9 Å². The zero-order valence-corrected chi connectivity index (χ0v) is 13.1. The Morgan fingerprint density at radius 3 is 2.45 bits per heavy atom. The third-order valence-corrected chi connectivity index (χ3v) is 4.13. The highest BCUT2D eigenvalue weighted by Crippen LogP contribution is 2.22. The Bertz CT molecular complexity index is 585. The predicted molar refractivity (Wildman–Crippen MR) is 83.1 cm³/mol. The third-order valence-electron chi connectivity index (χ3n) is 4.13. The Morgan fingerprint density at radius 1 is 1.27 bits per heavy atom. The first kappa shape index (κ1) is 16.0. The maximum absolute atomic E-state index is 12.6. The summed E-state index contributed by atoms with van der Waals surface area (Å²) in [5.41, 5.74) is 1.05. The van der Waals surface area contributed by atoms with Crippen LogP contribution in [0.2, 0.25) is 0 Å². The fourth-order valence-corrected chi connectivity index (χ4v) is 2.87. The number of nitrogens with zero attached hydrogens (tertiary/aromatic N) is 3. The van der Waals surface area contributed by atoms with Crippen LogP contribution in [0.25, 0.3) is 0 Å². The minimum absolute atomic E-state index is 0.0319. The summed E-state index contributed by atoms with van der Waals surface area (Å²) in [7, 11) is 0. The molecule has 0 bridgehead atoms. The van der Waals surface area contributed by atoms with E-state index in [1.165, 1.54) is 0 Å². The van der Waals surface area contributed by atoms with Crippen LogP contribution in [-0.4, -0.2) is 47.3 Å². The molecule has 0 saturated carbocycles. The second-order valence-electron chi connectivity index (χ2n) is 5.36. The number of hydrogen-bond donors (Lipinski definition) is 0. The van der Waals surface area contributed by atoms with Crippen molar-refractivity contribution in [3.63, 3.8) is 0 Å². The average molecular weight is 299 g/mol. The molecule has 2 amide bonds. The van der Waals surface area contributed by atoms with E-state index in [2.05, 4.69) is 0 Å². The summed E-state index contributed by atoms with van der Waals surface area (Å²) < 4.78 is 0. The summed E-state index contributed by atoms with van der Waals surface area (Å²) in [5.74, 6) is -0.100. The molecule has 0 spiro atoms. The number of rotatable bonds is 4. The van der Waals surface area contributed by atoms with Crippen molar-refractivity contribution in [2.24, 2.45) is 0 Å². The quantitative estimate of drug-likeness (QED) is 0.854. The molecular weight excluding hydrogens is 278 g/mol. The normalized spacial score (nSPS) is 17.1. The van der Waals surface area contributed by atoms with Crippen molar-refractivity contribution in [1.82, 2.24) is 9.80 Å². The number of benzene rings is 1. The molecule has 5 heteroatoms. The average Bonchev–Trinajstić information content (AvgIpc) is 3.04. The van der Waals surface area contributed by atoms with Gasteiger partial charge in [0.25, 0.3) is 5.91 Å². The number of carbonyl (C=O) groups excluding carboxylic acids is 2. The molecule has 5 nitrogen and oxygen atoms in total. The molecule has 0 unspecified atom stereocenters. The van der Waals surface area contributed by atoms with Crippen LogP contribution < -0.4 is 0 Å². The van der Waals surface area contributed by atoms with Crippen molar-refractivity contribution in [1.29, 1.82) is 5.26 Å². The van der Waals surface area contributed by atoms with Crippen molar-refractivity contribution in [2.75, 3.05) is 19.6 Å². The Morgan fingerprint density at radius 2 is 1.91 bits per heavy atom. The van der Waals surface area contributed by atoms with Crippen LogP contribution in [0.3, 0.4) is 0 Å². The summed E-state index contributed by atoms with van der Waals surface area (Å²) in [6.45, 7) is 5.82. The molecule has 0 aliphatic carbocycles. The summed E-state index contributed by atoms with van der Waals surface area (Å²) in [6, 6.07) is 8.24. The lowest BCUT2D eigenvalue weighted by Crippen LogP contribution is -2.47. The van der Waals surface area contributed by atoms with Gasteiger partial charge in [-0.15, -0.1) is 0 Å². The number of amides is 2. The molecule has 1 aliphatic heterocycles. The van der Waals surface area contributed by atoms with Crippen LogP contribution in [0.1, 0.15) is 42.6 Å². The highest BCUT2D eigenvalue weighted by atomic mass is 16.2. The predicted octanol–water partition coefficient (Wildman–Crippen LogP) is 2.03. The molecule has 1 aliphatic rings. The Hall–Kier alpha value is -2.35. The van der Waals surface area contributed by atoms with Gasteiger partial charge in [0.15, 0.2) is 0 Å². The Kier molecular flexibility index (Phi) is 5.16. The van der Waals surface area contributed by atoms with Crippen LogP contribution in [0, 0.1) is 11.3 Å². The van der Waals surface area contributed by atoms with E-state index < -0.39 is 0 Å². The molecule has 22 heavy (non-hydrogen) atoms. The molecule has 1 saturated heterocycles. The molecule has 1 aromatic carbocycles. The molecule has 1 aromatic rings. The molecule has 0 aromatic heterocycles. The van der Waals surface area contributed by atoms with Gasteiger partial charge < -0.3 is 9.80 Å². The van der Waals surface area contributed by atoms with E-state index in [-0.39, 0.29) is 17.9 Å². The second kappa shape index (κ2) is 7.08. The number of likely N-dealkylation sites (N-methyl/N-ethyl adjacent to an activating group) is 1. The first-order chi connectivity index (χ1) is 10.6. The Balaban J connectivity index is 2.17. The van der Waals surface area contributed by atoms with Gasteiger partial charge >= 0.3 is 0 Å². The van der Waals surface area contributed by atoms with Gasteiger partial charge in [0.1, 0.15) is 6.04 Å². The SMILES string of the molecule is CCN(CC)C(=O)[C@@H]1CCCN1C(=O)c1ccc(C#N)cc1. The summed E-state index contributed by atoms with van der Waals surface area (Å²) in [6.07, 6.45) is 1.57. The zero-order valence-electron chi connectivity index (χ0n) is 13.1. The van der Waals surface area contributed by atoms with E-state index >= 15 is 0 Å². The van der Waals surface area contributed by atoms with E-state index in [4.69, 9.17) is 5.26 Å². The first-order valence-corrected chi connectivity index (χ1v) is 7.72. The van der Waals surface area contributed by atoms with E-state index in [0.717, 1.165) is 12.8 Å². The van der Waals surface area contributed by atoms with Crippen LogP contribution in [0.15, 0.2) is 24.3 Å². The number of carbonyl (C=O) groups is 2. The molecule has 1 atom stereocenters. The molecular formula is C17H21N3O2. The second-order valence-corrected chi connectivity index (χ2v) is 5.36. The number of hydrogen-bond acceptors (Lipinski definition) is 3. The van der Waals surface area contributed by atoms with Gasteiger partial charge in [-0.2, -0.15) is 5.26 Å². The first-order valence-electron chi connectivity index (χ1n) is 7.72. The van der Waals surface area contributed by atoms with Crippen molar-refractivity contribution in [3.05, 3.63) is 35.4 Å². The van der Waals surface area contributed by atoms with Crippen LogP contribution >= 0.6 is 0 Å². The van der Waals surface area contributed by atoms with E-state index in [0.29, 0.717) is 30.8 Å². The minimum Gasteiger partial charge on any atom is -0.341 e. The van der Waals surface area contributed by atoms with Crippen molar-refractivity contribution < 1.29 is 9.59 Å². The lowest BCUT2D eigenvalue weighted by atomic mass is 10.1. The van der Waals surface area contributed by atoms with Gasteiger partial charge in [0.05, 0.1) is 11.6 Å². The van der Waals surface area contributed by atoms with Crippen LogP contribution in [0.5, 0.6) is 0 Å². The number of nitriles is 1. The smallest absolute Gasteiger partial charge is 0.254 e. The fraction of sp³-hybridized carbons (Fsp3) is 0.471. The maximum atomic E-state index is 12.6. The maximum Gasteiger partial charge on any atom is 0.254 e. The topological polar surface area (TPSA) is 64.4 Å². The van der Waals surface area contributed by atoms with Gasteiger partial charge in [-0.3, -0.25) is 9.59 Å².